The molecule has 1 unspecified atom stereocenters. The Morgan fingerprint density at radius 3 is 2.57 bits per heavy atom. The van der Waals surface area contributed by atoms with E-state index in [4.69, 9.17) is 21.6 Å². The SMILES string of the molecule is [2H]c1sc(N)nc1/C(=N/OC(C)(C)C(=O)O)C(=O)N[C@@H]1C(=O)N(S(=O)(=O)O)C1C. The number of carboxylic acid groups (broad SMARTS) is 1. The molecule has 1 fully saturated rings. The fraction of sp³-hybridized carbons (Fsp3) is 0.462. The van der Waals surface area contributed by atoms with E-state index in [2.05, 4.69) is 15.5 Å². The Hall–Kier alpha value is -2.78. The summed E-state index contributed by atoms with van der Waals surface area (Å²) in [7, 11) is -4.79. The molecule has 1 aromatic heterocycles. The molecule has 0 aliphatic carbocycles. The van der Waals surface area contributed by atoms with Crippen molar-refractivity contribution in [2.24, 2.45) is 5.16 Å². The number of amides is 2. The molecule has 15 heteroatoms. The molecule has 2 heterocycles. The second-order valence-electron chi connectivity index (χ2n) is 6.15. The van der Waals surface area contributed by atoms with Crippen molar-refractivity contribution in [2.75, 3.05) is 5.73 Å². The molecule has 1 aliphatic heterocycles. The molecule has 13 nitrogen and oxygen atoms in total. The molecule has 2 atom stereocenters. The highest BCUT2D eigenvalue weighted by Gasteiger charge is 2.51. The zero-order chi connectivity index (χ0) is 22.3. The lowest BCUT2D eigenvalue weighted by Crippen LogP contribution is -2.71. The minimum absolute atomic E-state index is 0.0753. The molecular weight excluding hydrogens is 418 g/mol. The second-order valence-corrected chi connectivity index (χ2v) is 8.27. The third kappa shape index (κ3) is 4.20. The number of rotatable bonds is 7. The van der Waals surface area contributed by atoms with Gasteiger partial charge in [0, 0.05) is 5.36 Å². The Bertz CT molecular complexity index is 1000. The van der Waals surface area contributed by atoms with Gasteiger partial charge in [-0.05, 0) is 20.8 Å². The van der Waals surface area contributed by atoms with Crippen LogP contribution in [0.1, 0.15) is 27.8 Å². The van der Waals surface area contributed by atoms with Gasteiger partial charge in [0.05, 0.1) is 7.41 Å². The Labute approximate surface area is 164 Å². The first kappa shape index (κ1) is 20.0. The molecule has 1 aliphatic rings. The average Bonchev–Trinajstić information content (AvgIpc) is 2.89. The van der Waals surface area contributed by atoms with Crippen molar-refractivity contribution >= 4 is 50.3 Å². The number of β-lactam (4-membered cyclic amide) rings is 1. The summed E-state index contributed by atoms with van der Waals surface area (Å²) in [6.07, 6.45) is 0. The predicted octanol–water partition coefficient (Wildman–Crippen LogP) is -1.17. The average molecular weight is 436 g/mol. The van der Waals surface area contributed by atoms with E-state index in [0.29, 0.717) is 11.3 Å². The zero-order valence-electron chi connectivity index (χ0n) is 15.7. The van der Waals surface area contributed by atoms with Crippen LogP contribution in [-0.4, -0.2) is 68.5 Å². The number of carbonyl (C=O) groups is 3. The van der Waals surface area contributed by atoms with Crippen molar-refractivity contribution < 1.29 is 38.7 Å². The van der Waals surface area contributed by atoms with Crippen LogP contribution in [0, 0.1) is 0 Å². The minimum Gasteiger partial charge on any atom is -0.478 e. The Morgan fingerprint density at radius 1 is 1.54 bits per heavy atom. The van der Waals surface area contributed by atoms with Crippen LogP contribution in [0.25, 0.3) is 0 Å². The molecule has 2 rings (SSSR count). The van der Waals surface area contributed by atoms with Gasteiger partial charge in [0.1, 0.15) is 11.7 Å². The summed E-state index contributed by atoms with van der Waals surface area (Å²) in [5.41, 5.74) is 2.71. The number of hydrogen-bond donors (Lipinski definition) is 4. The van der Waals surface area contributed by atoms with E-state index in [1.165, 1.54) is 6.92 Å². The van der Waals surface area contributed by atoms with E-state index >= 15 is 0 Å². The van der Waals surface area contributed by atoms with Crippen LogP contribution < -0.4 is 11.1 Å². The summed E-state index contributed by atoms with van der Waals surface area (Å²) in [5, 5.41) is 14.4. The van der Waals surface area contributed by atoms with E-state index in [0.717, 1.165) is 13.8 Å². The van der Waals surface area contributed by atoms with Crippen molar-refractivity contribution in [1.29, 1.82) is 0 Å². The fourth-order valence-electron chi connectivity index (χ4n) is 2.06. The van der Waals surface area contributed by atoms with Crippen LogP contribution >= 0.6 is 11.3 Å². The van der Waals surface area contributed by atoms with Crippen molar-refractivity contribution in [1.82, 2.24) is 14.6 Å². The van der Waals surface area contributed by atoms with Gasteiger partial charge >= 0.3 is 16.3 Å². The monoisotopic (exact) mass is 436 g/mol. The maximum atomic E-state index is 12.6. The lowest BCUT2D eigenvalue weighted by molar-refractivity contribution is -0.161. The molecule has 1 saturated heterocycles. The maximum Gasteiger partial charge on any atom is 0.362 e. The number of nitrogens with two attached hydrogens (primary N) is 1. The molecule has 28 heavy (non-hydrogen) atoms. The maximum absolute atomic E-state index is 12.6. The van der Waals surface area contributed by atoms with Crippen molar-refractivity contribution in [3.8, 4) is 0 Å². The summed E-state index contributed by atoms with van der Waals surface area (Å²) in [4.78, 5) is 44.4. The predicted molar refractivity (Wildman–Crippen MR) is 95.7 cm³/mol. The van der Waals surface area contributed by atoms with E-state index in [1.54, 1.807) is 0 Å². The molecule has 0 aromatic carbocycles. The lowest BCUT2D eigenvalue weighted by Gasteiger charge is -2.42. The lowest BCUT2D eigenvalue weighted by atomic mass is 10.0. The number of oxime groups is 1. The number of nitrogens with one attached hydrogen (secondary N) is 1. The van der Waals surface area contributed by atoms with E-state index in [-0.39, 0.29) is 20.5 Å². The molecule has 0 saturated carbocycles. The van der Waals surface area contributed by atoms with E-state index in [1.807, 2.05) is 0 Å². The van der Waals surface area contributed by atoms with Gasteiger partial charge in [-0.1, -0.05) is 5.16 Å². The van der Waals surface area contributed by atoms with Gasteiger partial charge in [0.15, 0.2) is 10.8 Å². The summed E-state index contributed by atoms with van der Waals surface area (Å²) in [5.74, 6) is -3.58. The molecule has 5 N–H and O–H groups in total. The largest absolute Gasteiger partial charge is 0.478 e. The first-order valence-electron chi connectivity index (χ1n) is 8.01. The third-order valence-electron chi connectivity index (χ3n) is 3.66. The van der Waals surface area contributed by atoms with Crippen molar-refractivity contribution in [3.05, 3.63) is 11.1 Å². The normalized spacial score (nSPS) is 21.0. The third-order valence-corrected chi connectivity index (χ3v) is 5.27. The standard InChI is InChI=1S/C13H17N5O8S2/c1-5-7(10(20)18(5)28(23,24)25)16-9(19)8(6-4-27-12(14)15-6)17-26-13(2,3)11(21)22/h4-5,7H,1-3H3,(H2,14,15)(H,16,19)(H,21,22)(H,23,24,25)/b17-8-/t5?,7-/m0/s1/i4D. The highest BCUT2D eigenvalue weighted by molar-refractivity contribution is 7.84. The number of thiazole rings is 1. The van der Waals surface area contributed by atoms with Gasteiger partial charge < -0.3 is 21.0 Å². The first-order chi connectivity index (χ1) is 13.2. The summed E-state index contributed by atoms with van der Waals surface area (Å²) < 4.78 is 39.3. The highest BCUT2D eigenvalue weighted by Crippen LogP contribution is 2.23. The van der Waals surface area contributed by atoms with Crippen LogP contribution in [-0.2, 0) is 29.5 Å². The van der Waals surface area contributed by atoms with Gasteiger partial charge in [-0.2, -0.15) is 8.42 Å². The van der Waals surface area contributed by atoms with E-state index < -0.39 is 51.5 Å². The van der Waals surface area contributed by atoms with Crippen LogP contribution in [0.2, 0.25) is 0 Å². The fourth-order valence-corrected chi connectivity index (χ4v) is 3.43. The summed E-state index contributed by atoms with van der Waals surface area (Å²) in [6.45, 7) is 3.58. The molecule has 0 bridgehead atoms. The van der Waals surface area contributed by atoms with Crippen LogP contribution in [0.4, 0.5) is 5.13 Å². The van der Waals surface area contributed by atoms with Crippen LogP contribution in [0.3, 0.4) is 0 Å². The summed E-state index contributed by atoms with van der Waals surface area (Å²) >= 11 is 0.711. The Morgan fingerprint density at radius 2 is 2.14 bits per heavy atom. The van der Waals surface area contributed by atoms with E-state index in [9.17, 15) is 22.8 Å². The van der Waals surface area contributed by atoms with Crippen LogP contribution in [0.5, 0.6) is 0 Å². The zero-order valence-corrected chi connectivity index (χ0v) is 16.4. The molecule has 154 valence electrons. The van der Waals surface area contributed by atoms with Gasteiger partial charge in [-0.15, -0.1) is 11.3 Å². The quantitative estimate of drug-likeness (QED) is 0.174. The number of carbonyl (C=O) groups excluding carboxylic acids is 2. The molecule has 0 spiro atoms. The number of anilines is 1. The second kappa shape index (κ2) is 7.33. The number of aliphatic carboxylic acids is 1. The van der Waals surface area contributed by atoms with Crippen molar-refractivity contribution in [3.63, 3.8) is 0 Å². The van der Waals surface area contributed by atoms with Crippen molar-refractivity contribution in [2.45, 2.75) is 38.5 Å². The minimum atomic E-state index is -4.79. The molecule has 1 aromatic rings. The highest BCUT2D eigenvalue weighted by atomic mass is 32.2. The molecular formula is C13H17N5O8S2. The number of carboxylic acids is 1. The van der Waals surface area contributed by atoms with Gasteiger partial charge in [0.2, 0.25) is 5.60 Å². The Kier molecular flexibility index (Phi) is 5.22. The Balaban J connectivity index is 2.32. The number of aromatic nitrogens is 1. The number of nitrogens with zero attached hydrogens (tertiary/aromatic N) is 3. The van der Waals surface area contributed by atoms with Gasteiger partial charge in [0.25, 0.3) is 11.8 Å². The topological polar surface area (TPSA) is 202 Å². The molecule has 2 amide bonds. The van der Waals surface area contributed by atoms with Gasteiger partial charge in [-0.25, -0.2) is 14.1 Å². The molecule has 0 radical (unpaired) electrons. The number of nitrogen functional groups attached to an aromatic ring is 1. The van der Waals surface area contributed by atoms with Crippen LogP contribution in [0.15, 0.2) is 10.5 Å². The smallest absolute Gasteiger partial charge is 0.362 e. The first-order valence-corrected chi connectivity index (χ1v) is 9.72. The summed E-state index contributed by atoms with van der Waals surface area (Å²) in [6, 6.07) is -2.43. The van der Waals surface area contributed by atoms with Gasteiger partial charge in [-0.3, -0.25) is 14.1 Å². The number of hydrogen-bond acceptors (Lipinski definition) is 10.